The van der Waals surface area contributed by atoms with Crippen molar-refractivity contribution in [1.82, 2.24) is 0 Å². The van der Waals surface area contributed by atoms with Gasteiger partial charge in [0.1, 0.15) is 5.82 Å². The quantitative estimate of drug-likeness (QED) is 0.876. The summed E-state index contributed by atoms with van der Waals surface area (Å²) in [5, 5.41) is 9.44. The van der Waals surface area contributed by atoms with Crippen molar-refractivity contribution in [3.05, 3.63) is 29.1 Å². The largest absolute Gasteiger partial charge is 0.395 e. The van der Waals surface area contributed by atoms with Crippen molar-refractivity contribution < 1.29 is 9.50 Å². The lowest BCUT2D eigenvalue weighted by atomic mass is 9.92. The van der Waals surface area contributed by atoms with Gasteiger partial charge in [-0.15, -0.1) is 0 Å². The third-order valence-electron chi connectivity index (χ3n) is 4.46. The Labute approximate surface area is 126 Å². The van der Waals surface area contributed by atoms with E-state index in [2.05, 4.69) is 4.90 Å². The van der Waals surface area contributed by atoms with Gasteiger partial charge in [0.15, 0.2) is 0 Å². The van der Waals surface area contributed by atoms with Crippen LogP contribution >= 0.6 is 0 Å². The van der Waals surface area contributed by atoms with Crippen molar-refractivity contribution in [3.8, 4) is 0 Å². The topological polar surface area (TPSA) is 49.5 Å². The molecule has 4 heteroatoms. The minimum absolute atomic E-state index is 0.102. The molecule has 1 saturated carbocycles. The number of aliphatic hydroxyl groups excluding tert-OH is 1. The fraction of sp³-hybridized carbons (Fsp3) is 0.647. The van der Waals surface area contributed by atoms with E-state index in [-0.39, 0.29) is 18.5 Å². The molecule has 0 bridgehead atoms. The molecular formula is C17H27FN2O. The van der Waals surface area contributed by atoms with Crippen LogP contribution in [0, 0.1) is 12.7 Å². The second kappa shape index (κ2) is 7.23. The van der Waals surface area contributed by atoms with Gasteiger partial charge in [0.25, 0.3) is 0 Å². The Morgan fingerprint density at radius 1 is 1.33 bits per heavy atom. The van der Waals surface area contributed by atoms with Gasteiger partial charge in [-0.05, 0) is 49.9 Å². The summed E-state index contributed by atoms with van der Waals surface area (Å²) < 4.78 is 13.9. The standard InChI is InChI=1S/C17H27FN2O/c1-12-10-17(15(13(2)19)11-16(12)18)20(8-9-21)14-6-4-3-5-7-14/h10-11,13-14,21H,3-9,19H2,1-2H3/t13-/m0/s1. The number of aryl methyl sites for hydroxylation is 1. The summed E-state index contributed by atoms with van der Waals surface area (Å²) in [5.41, 5.74) is 8.49. The number of hydrogen-bond donors (Lipinski definition) is 2. The zero-order chi connectivity index (χ0) is 15.4. The summed E-state index contributed by atoms with van der Waals surface area (Å²) >= 11 is 0. The number of nitrogens with zero attached hydrogens (tertiary/aromatic N) is 1. The third kappa shape index (κ3) is 3.74. The summed E-state index contributed by atoms with van der Waals surface area (Å²) in [4.78, 5) is 2.24. The van der Waals surface area contributed by atoms with Crippen LogP contribution in [0.2, 0.25) is 0 Å². The van der Waals surface area contributed by atoms with Crippen molar-refractivity contribution in [2.45, 2.75) is 58.0 Å². The van der Waals surface area contributed by atoms with Gasteiger partial charge >= 0.3 is 0 Å². The van der Waals surface area contributed by atoms with Crippen molar-refractivity contribution >= 4 is 5.69 Å². The predicted molar refractivity (Wildman–Crippen MR) is 85.0 cm³/mol. The van der Waals surface area contributed by atoms with Crippen molar-refractivity contribution in [2.24, 2.45) is 5.73 Å². The molecule has 0 heterocycles. The van der Waals surface area contributed by atoms with Crippen molar-refractivity contribution in [2.75, 3.05) is 18.1 Å². The lowest BCUT2D eigenvalue weighted by molar-refractivity contribution is 0.289. The van der Waals surface area contributed by atoms with E-state index < -0.39 is 0 Å². The second-order valence-corrected chi connectivity index (χ2v) is 6.16. The highest BCUT2D eigenvalue weighted by Gasteiger charge is 2.24. The highest BCUT2D eigenvalue weighted by molar-refractivity contribution is 5.58. The lowest BCUT2D eigenvalue weighted by Crippen LogP contribution is -2.40. The number of anilines is 1. The van der Waals surface area contributed by atoms with Gasteiger partial charge in [-0.1, -0.05) is 19.3 Å². The van der Waals surface area contributed by atoms with Gasteiger partial charge in [-0.3, -0.25) is 0 Å². The molecule has 0 saturated heterocycles. The maximum atomic E-state index is 13.9. The first-order valence-corrected chi connectivity index (χ1v) is 7.97. The fourth-order valence-electron chi connectivity index (χ4n) is 3.30. The molecule has 21 heavy (non-hydrogen) atoms. The van der Waals surface area contributed by atoms with Crippen molar-refractivity contribution in [3.63, 3.8) is 0 Å². The molecule has 0 aromatic heterocycles. The number of aliphatic hydroxyl groups is 1. The van der Waals surface area contributed by atoms with E-state index in [0.29, 0.717) is 18.2 Å². The molecular weight excluding hydrogens is 267 g/mol. The molecule has 1 aliphatic rings. The smallest absolute Gasteiger partial charge is 0.126 e. The maximum Gasteiger partial charge on any atom is 0.126 e. The van der Waals surface area contributed by atoms with Crippen LogP contribution < -0.4 is 10.6 Å². The van der Waals surface area contributed by atoms with Gasteiger partial charge < -0.3 is 15.7 Å². The first-order valence-electron chi connectivity index (χ1n) is 7.97. The van der Waals surface area contributed by atoms with Crippen LogP contribution in [0.4, 0.5) is 10.1 Å². The first-order chi connectivity index (χ1) is 10.0. The molecule has 1 aromatic carbocycles. The Hall–Kier alpha value is -1.13. The summed E-state index contributed by atoms with van der Waals surface area (Å²) in [5.74, 6) is -0.210. The van der Waals surface area contributed by atoms with Crippen LogP contribution in [0.1, 0.15) is 56.2 Å². The minimum atomic E-state index is -0.222. The van der Waals surface area contributed by atoms with Crippen LogP contribution in [-0.4, -0.2) is 24.3 Å². The highest BCUT2D eigenvalue weighted by Crippen LogP contribution is 2.33. The Bertz CT molecular complexity index is 470. The number of halogens is 1. The molecule has 1 aromatic rings. The molecule has 0 aliphatic heterocycles. The van der Waals surface area contributed by atoms with E-state index in [4.69, 9.17) is 5.73 Å². The summed E-state index contributed by atoms with van der Waals surface area (Å²) in [6.07, 6.45) is 6.00. The van der Waals surface area contributed by atoms with E-state index in [1.54, 1.807) is 13.0 Å². The van der Waals surface area contributed by atoms with Crippen LogP contribution in [0.15, 0.2) is 12.1 Å². The molecule has 1 atom stereocenters. The molecule has 0 radical (unpaired) electrons. The van der Waals surface area contributed by atoms with E-state index in [0.717, 1.165) is 24.1 Å². The normalized spacial score (nSPS) is 17.8. The van der Waals surface area contributed by atoms with E-state index >= 15 is 0 Å². The number of nitrogens with two attached hydrogens (primary N) is 1. The average molecular weight is 294 g/mol. The molecule has 2 rings (SSSR count). The number of hydrogen-bond acceptors (Lipinski definition) is 3. The van der Waals surface area contributed by atoms with E-state index in [1.165, 1.54) is 19.3 Å². The molecule has 0 unspecified atom stereocenters. The van der Waals surface area contributed by atoms with E-state index in [9.17, 15) is 9.50 Å². The van der Waals surface area contributed by atoms with Crippen LogP contribution in [0.3, 0.4) is 0 Å². The monoisotopic (exact) mass is 294 g/mol. The lowest BCUT2D eigenvalue weighted by Gasteiger charge is -2.37. The highest BCUT2D eigenvalue weighted by atomic mass is 19.1. The zero-order valence-corrected chi connectivity index (χ0v) is 13.1. The van der Waals surface area contributed by atoms with E-state index in [1.807, 2.05) is 13.0 Å². The molecule has 0 spiro atoms. The molecule has 3 N–H and O–H groups in total. The zero-order valence-electron chi connectivity index (χ0n) is 13.1. The SMILES string of the molecule is Cc1cc(N(CCO)C2CCCCC2)c([C@H](C)N)cc1F. The van der Waals surface area contributed by atoms with Gasteiger partial charge in [0.2, 0.25) is 0 Å². The average Bonchev–Trinajstić information content (AvgIpc) is 2.48. The molecule has 0 amide bonds. The Morgan fingerprint density at radius 2 is 2.00 bits per heavy atom. The number of rotatable bonds is 5. The van der Waals surface area contributed by atoms with Crippen LogP contribution in [0.25, 0.3) is 0 Å². The maximum absolute atomic E-state index is 13.9. The van der Waals surface area contributed by atoms with Crippen LogP contribution in [-0.2, 0) is 0 Å². The predicted octanol–water partition coefficient (Wildman–Crippen LogP) is 3.29. The van der Waals surface area contributed by atoms with Gasteiger partial charge in [-0.2, -0.15) is 0 Å². The molecule has 118 valence electrons. The fourth-order valence-corrected chi connectivity index (χ4v) is 3.30. The minimum Gasteiger partial charge on any atom is -0.395 e. The molecule has 3 nitrogen and oxygen atoms in total. The van der Waals surface area contributed by atoms with Crippen molar-refractivity contribution in [1.29, 1.82) is 0 Å². The first kappa shape index (κ1) is 16.2. The van der Waals surface area contributed by atoms with Gasteiger partial charge in [-0.25, -0.2) is 4.39 Å². The van der Waals surface area contributed by atoms with Gasteiger partial charge in [0, 0.05) is 24.3 Å². The van der Waals surface area contributed by atoms with Crippen LogP contribution in [0.5, 0.6) is 0 Å². The Kier molecular flexibility index (Phi) is 5.59. The summed E-state index contributed by atoms with van der Waals surface area (Å²) in [6.45, 7) is 4.34. The Morgan fingerprint density at radius 3 is 2.57 bits per heavy atom. The second-order valence-electron chi connectivity index (χ2n) is 6.16. The molecule has 1 aliphatic carbocycles. The Balaban J connectivity index is 2.40. The summed E-state index contributed by atoms with van der Waals surface area (Å²) in [6, 6.07) is 3.65. The summed E-state index contributed by atoms with van der Waals surface area (Å²) in [7, 11) is 0. The van der Waals surface area contributed by atoms with Gasteiger partial charge in [0.05, 0.1) is 6.61 Å². The molecule has 1 fully saturated rings. The number of benzene rings is 1. The third-order valence-corrected chi connectivity index (χ3v) is 4.46.